The lowest BCUT2D eigenvalue weighted by Gasteiger charge is -2.26. The molecule has 154 valence electrons. The number of benzene rings is 1. The molecule has 1 amide bonds. The van der Waals surface area contributed by atoms with Crippen LogP contribution in [0.25, 0.3) is 16.3 Å². The average molecular weight is 417 g/mol. The standard InChI is InChI=1S/C20H23N3O5S/c1-2-29(26,27)12-14-10-23-11-17(20(21)25)19(24)16-8-13(7-15(14)18(16)23)9-22-3-5-28-6-4-22/h7-8,10-11H,2-6,9,12H2,1H3,(H2,21,25). The van der Waals surface area contributed by atoms with E-state index >= 15 is 0 Å². The highest BCUT2D eigenvalue weighted by atomic mass is 32.2. The Labute approximate surface area is 168 Å². The molecule has 0 aliphatic carbocycles. The highest BCUT2D eigenvalue weighted by Crippen LogP contribution is 2.29. The highest BCUT2D eigenvalue weighted by Gasteiger charge is 2.21. The van der Waals surface area contributed by atoms with Gasteiger partial charge in [-0.3, -0.25) is 14.5 Å². The van der Waals surface area contributed by atoms with Crippen molar-refractivity contribution in [1.82, 2.24) is 9.30 Å². The lowest BCUT2D eigenvalue weighted by atomic mass is 10.0. The number of nitrogens with zero attached hydrogens (tertiary/aromatic N) is 2. The summed E-state index contributed by atoms with van der Waals surface area (Å²) in [5.41, 5.74) is 6.98. The minimum atomic E-state index is -3.27. The van der Waals surface area contributed by atoms with Gasteiger partial charge in [0, 0.05) is 48.6 Å². The molecule has 2 N–H and O–H groups in total. The number of carbonyl (C=O) groups excluding carboxylic acids is 1. The van der Waals surface area contributed by atoms with E-state index < -0.39 is 21.2 Å². The van der Waals surface area contributed by atoms with Crippen molar-refractivity contribution in [1.29, 1.82) is 0 Å². The zero-order valence-corrected chi connectivity index (χ0v) is 17.0. The molecule has 8 nitrogen and oxygen atoms in total. The minimum absolute atomic E-state index is 0.0291. The summed E-state index contributed by atoms with van der Waals surface area (Å²) in [7, 11) is -3.27. The van der Waals surface area contributed by atoms with Crippen molar-refractivity contribution in [3.05, 3.63) is 51.4 Å². The molecule has 3 aromatic rings. The van der Waals surface area contributed by atoms with Gasteiger partial charge in [0.15, 0.2) is 9.84 Å². The number of amides is 1. The van der Waals surface area contributed by atoms with Crippen LogP contribution in [-0.2, 0) is 26.9 Å². The van der Waals surface area contributed by atoms with Gasteiger partial charge in [-0.25, -0.2) is 8.42 Å². The summed E-state index contributed by atoms with van der Waals surface area (Å²) in [4.78, 5) is 26.9. The lowest BCUT2D eigenvalue weighted by molar-refractivity contribution is 0.0342. The fraction of sp³-hybridized carbons (Fsp3) is 0.400. The van der Waals surface area contributed by atoms with Gasteiger partial charge in [-0.05, 0) is 23.3 Å². The first-order valence-corrected chi connectivity index (χ1v) is 11.3. The van der Waals surface area contributed by atoms with Gasteiger partial charge >= 0.3 is 0 Å². The van der Waals surface area contributed by atoms with Crippen LogP contribution in [0.5, 0.6) is 0 Å². The van der Waals surface area contributed by atoms with Gasteiger partial charge in [-0.1, -0.05) is 6.92 Å². The van der Waals surface area contributed by atoms with Crippen LogP contribution in [0.15, 0.2) is 29.3 Å². The van der Waals surface area contributed by atoms with Crippen LogP contribution in [0.3, 0.4) is 0 Å². The predicted octanol–water partition coefficient (Wildman–Crippen LogP) is 0.756. The quantitative estimate of drug-likeness (QED) is 0.634. The van der Waals surface area contributed by atoms with E-state index in [0.29, 0.717) is 36.2 Å². The monoisotopic (exact) mass is 417 g/mol. The first-order valence-electron chi connectivity index (χ1n) is 9.52. The Bertz CT molecular complexity index is 1240. The zero-order chi connectivity index (χ0) is 20.8. The molecule has 0 bridgehead atoms. The van der Waals surface area contributed by atoms with Crippen LogP contribution in [0.2, 0.25) is 0 Å². The Morgan fingerprint density at radius 2 is 1.86 bits per heavy atom. The van der Waals surface area contributed by atoms with Crippen LogP contribution in [-0.4, -0.2) is 55.7 Å². The summed E-state index contributed by atoms with van der Waals surface area (Å²) in [6, 6.07) is 3.73. The molecule has 0 radical (unpaired) electrons. The van der Waals surface area contributed by atoms with Crippen molar-refractivity contribution >= 4 is 32.0 Å². The maximum atomic E-state index is 12.9. The number of ether oxygens (including phenoxy) is 1. The molecule has 0 atom stereocenters. The summed E-state index contributed by atoms with van der Waals surface area (Å²) in [5.74, 6) is -0.897. The van der Waals surface area contributed by atoms with Crippen LogP contribution in [0.4, 0.5) is 0 Å². The number of rotatable bonds is 6. The minimum Gasteiger partial charge on any atom is -0.379 e. The molecule has 1 saturated heterocycles. The molecule has 1 aromatic carbocycles. The molecular weight excluding hydrogens is 394 g/mol. The third-order valence-corrected chi connectivity index (χ3v) is 7.05. The van der Waals surface area contributed by atoms with Gasteiger partial charge in [0.1, 0.15) is 5.56 Å². The third-order valence-electron chi connectivity index (χ3n) is 5.42. The Hall–Kier alpha value is -2.49. The molecule has 1 aliphatic heterocycles. The maximum absolute atomic E-state index is 12.9. The summed E-state index contributed by atoms with van der Waals surface area (Å²) < 4.78 is 31.6. The summed E-state index contributed by atoms with van der Waals surface area (Å²) in [6.45, 7) is 5.09. The first-order chi connectivity index (χ1) is 13.8. The largest absolute Gasteiger partial charge is 0.379 e. The molecule has 4 rings (SSSR count). The number of primary amides is 1. The molecular formula is C20H23N3O5S. The van der Waals surface area contributed by atoms with Gasteiger partial charge in [0.25, 0.3) is 5.91 Å². The van der Waals surface area contributed by atoms with Gasteiger partial charge < -0.3 is 14.9 Å². The number of nitrogens with two attached hydrogens (primary N) is 1. The van der Waals surface area contributed by atoms with E-state index in [0.717, 1.165) is 24.0 Å². The molecule has 0 unspecified atom stereocenters. The van der Waals surface area contributed by atoms with Crippen LogP contribution in [0.1, 0.15) is 28.4 Å². The fourth-order valence-electron chi connectivity index (χ4n) is 3.88. The van der Waals surface area contributed by atoms with Gasteiger partial charge in [-0.15, -0.1) is 0 Å². The first kappa shape index (κ1) is 19.8. The second-order valence-corrected chi connectivity index (χ2v) is 9.76. The van der Waals surface area contributed by atoms with E-state index in [1.807, 2.05) is 6.07 Å². The maximum Gasteiger partial charge on any atom is 0.254 e. The van der Waals surface area contributed by atoms with E-state index in [-0.39, 0.29) is 17.1 Å². The predicted molar refractivity (Wildman–Crippen MR) is 110 cm³/mol. The SMILES string of the molecule is CCS(=O)(=O)Cc1cn2cc(C(N)=O)c(=O)c3cc(CN4CCOCC4)cc1c32. The van der Waals surface area contributed by atoms with Crippen LogP contribution >= 0.6 is 0 Å². The van der Waals surface area contributed by atoms with Crippen molar-refractivity contribution in [3.8, 4) is 0 Å². The number of sulfone groups is 1. The summed E-state index contributed by atoms with van der Waals surface area (Å²) in [6.07, 6.45) is 3.07. The van der Waals surface area contributed by atoms with E-state index in [9.17, 15) is 18.0 Å². The number of hydrogen-bond acceptors (Lipinski definition) is 6. The average Bonchev–Trinajstić information content (AvgIpc) is 3.02. The molecule has 29 heavy (non-hydrogen) atoms. The number of pyridine rings is 1. The lowest BCUT2D eigenvalue weighted by Crippen LogP contribution is -2.35. The Kier molecular flexibility index (Phi) is 5.05. The number of aromatic nitrogens is 1. The van der Waals surface area contributed by atoms with Crippen LogP contribution in [0, 0.1) is 0 Å². The summed E-state index contributed by atoms with van der Waals surface area (Å²) >= 11 is 0. The molecule has 0 spiro atoms. The number of carbonyl (C=O) groups is 1. The zero-order valence-electron chi connectivity index (χ0n) is 16.2. The van der Waals surface area contributed by atoms with E-state index in [1.165, 1.54) is 6.20 Å². The van der Waals surface area contributed by atoms with E-state index in [4.69, 9.17) is 10.5 Å². The molecule has 0 saturated carbocycles. The molecule has 1 fully saturated rings. The smallest absolute Gasteiger partial charge is 0.254 e. The molecule has 3 heterocycles. The third kappa shape index (κ3) is 3.73. The van der Waals surface area contributed by atoms with Crippen molar-refractivity contribution in [2.24, 2.45) is 5.73 Å². The number of morpholine rings is 1. The molecule has 9 heteroatoms. The second kappa shape index (κ2) is 7.40. The molecule has 1 aliphatic rings. The van der Waals surface area contributed by atoms with Crippen molar-refractivity contribution in [3.63, 3.8) is 0 Å². The van der Waals surface area contributed by atoms with Gasteiger partial charge in [0.05, 0.1) is 24.5 Å². The Morgan fingerprint density at radius 3 is 2.52 bits per heavy atom. The highest BCUT2D eigenvalue weighted by molar-refractivity contribution is 7.90. The van der Waals surface area contributed by atoms with Gasteiger partial charge in [-0.2, -0.15) is 0 Å². The molecule has 2 aromatic heterocycles. The second-order valence-electron chi connectivity index (χ2n) is 7.40. The summed E-state index contributed by atoms with van der Waals surface area (Å²) in [5, 5.41) is 1.10. The van der Waals surface area contributed by atoms with Crippen molar-refractivity contribution in [2.75, 3.05) is 32.1 Å². The normalized spacial score (nSPS) is 16.0. The Morgan fingerprint density at radius 1 is 1.17 bits per heavy atom. The van der Waals surface area contributed by atoms with Crippen molar-refractivity contribution < 1.29 is 17.9 Å². The van der Waals surface area contributed by atoms with E-state index in [1.54, 1.807) is 23.6 Å². The Balaban J connectivity index is 1.93. The van der Waals surface area contributed by atoms with Crippen molar-refractivity contribution in [2.45, 2.75) is 19.2 Å². The van der Waals surface area contributed by atoms with Gasteiger partial charge in [0.2, 0.25) is 5.43 Å². The van der Waals surface area contributed by atoms with Crippen LogP contribution < -0.4 is 11.2 Å². The van der Waals surface area contributed by atoms with E-state index in [2.05, 4.69) is 4.90 Å². The fourth-order valence-corrected chi connectivity index (χ4v) is 4.78. The topological polar surface area (TPSA) is 111 Å². The number of hydrogen-bond donors (Lipinski definition) is 1.